The Labute approximate surface area is 203 Å². The second-order valence-corrected chi connectivity index (χ2v) is 11.0. The van der Waals surface area contributed by atoms with Gasteiger partial charge in [-0.3, -0.25) is 9.59 Å². The summed E-state index contributed by atoms with van der Waals surface area (Å²) < 4.78 is 5.56. The third kappa shape index (κ3) is 4.53. The van der Waals surface area contributed by atoms with Crippen molar-refractivity contribution in [1.29, 1.82) is 0 Å². The van der Waals surface area contributed by atoms with Gasteiger partial charge in [-0.25, -0.2) is 9.78 Å². The Balaban J connectivity index is 2.23. The number of carboxylic acids is 2. The highest BCUT2D eigenvalue weighted by Gasteiger charge is 2.61. The highest BCUT2D eigenvalue weighted by Crippen LogP contribution is 2.50. The van der Waals surface area contributed by atoms with Gasteiger partial charge >= 0.3 is 11.9 Å². The molecule has 1 aromatic carbocycles. The van der Waals surface area contributed by atoms with Gasteiger partial charge in [0, 0.05) is 10.9 Å². The van der Waals surface area contributed by atoms with E-state index in [9.17, 15) is 24.6 Å². The first kappa shape index (κ1) is 25.7. The molecule has 9 heteroatoms. The zero-order valence-electron chi connectivity index (χ0n) is 20.4. The van der Waals surface area contributed by atoms with Crippen molar-refractivity contribution in [2.24, 2.45) is 11.8 Å². The number of hydrogen-bond donors (Lipinski definition) is 2. The fourth-order valence-electron chi connectivity index (χ4n) is 4.99. The Morgan fingerprint density at radius 3 is 2.41 bits per heavy atom. The zero-order chi connectivity index (χ0) is 25.4. The molecule has 2 aromatic rings. The average molecular weight is 489 g/mol. The molecule has 0 spiro atoms. The van der Waals surface area contributed by atoms with E-state index in [4.69, 9.17) is 4.74 Å². The summed E-state index contributed by atoms with van der Waals surface area (Å²) in [5.74, 6) is -3.59. The van der Waals surface area contributed by atoms with Crippen molar-refractivity contribution in [1.82, 2.24) is 9.88 Å². The number of methoxy groups -OCH3 is 1. The second kappa shape index (κ2) is 9.37. The van der Waals surface area contributed by atoms with Crippen LogP contribution in [0, 0.1) is 11.8 Å². The van der Waals surface area contributed by atoms with Crippen LogP contribution >= 0.6 is 11.3 Å². The van der Waals surface area contributed by atoms with Crippen LogP contribution in [-0.4, -0.2) is 50.6 Å². The minimum Gasteiger partial charge on any atom is -0.496 e. The van der Waals surface area contributed by atoms with E-state index in [1.807, 2.05) is 34.6 Å². The van der Waals surface area contributed by atoms with Gasteiger partial charge in [0.1, 0.15) is 11.3 Å². The Morgan fingerprint density at radius 2 is 1.94 bits per heavy atom. The molecule has 3 rings (SSSR count). The molecule has 184 valence electrons. The molecule has 2 N–H and O–H groups in total. The van der Waals surface area contributed by atoms with Gasteiger partial charge in [-0.2, -0.15) is 0 Å². The minimum atomic E-state index is -1.68. The minimum absolute atomic E-state index is 0.0900. The summed E-state index contributed by atoms with van der Waals surface area (Å²) in [6.07, 6.45) is -0.0727. The van der Waals surface area contributed by atoms with Crippen molar-refractivity contribution >= 4 is 29.2 Å². The summed E-state index contributed by atoms with van der Waals surface area (Å²) in [6, 6.07) is 4.07. The molecule has 0 aliphatic carbocycles. The number of likely N-dealkylation sites (tertiary alicyclic amines) is 1. The maximum Gasteiger partial charge on any atom is 0.329 e. The normalized spacial score (nSPS) is 22.7. The number of ether oxygens (including phenoxy) is 1. The number of carbonyl (C=O) groups is 3. The van der Waals surface area contributed by atoms with E-state index in [0.717, 1.165) is 5.56 Å². The van der Waals surface area contributed by atoms with E-state index in [1.165, 1.54) is 23.3 Å². The van der Waals surface area contributed by atoms with Crippen molar-refractivity contribution in [3.8, 4) is 5.75 Å². The number of carbonyl (C=O) groups excluding carboxylic acids is 1. The molecule has 0 saturated carbocycles. The predicted molar refractivity (Wildman–Crippen MR) is 128 cm³/mol. The topological polar surface area (TPSA) is 117 Å². The molecular weight excluding hydrogens is 456 g/mol. The van der Waals surface area contributed by atoms with Gasteiger partial charge in [0.05, 0.1) is 30.3 Å². The van der Waals surface area contributed by atoms with Crippen molar-refractivity contribution < 1.29 is 29.3 Å². The van der Waals surface area contributed by atoms with Crippen LogP contribution in [0.25, 0.3) is 0 Å². The molecule has 1 saturated heterocycles. The molecule has 1 fully saturated rings. The lowest BCUT2D eigenvalue weighted by Gasteiger charge is -2.39. The Bertz CT molecular complexity index is 1080. The van der Waals surface area contributed by atoms with Crippen molar-refractivity contribution in [3.05, 3.63) is 45.9 Å². The molecule has 8 nitrogen and oxygen atoms in total. The molecule has 2 heterocycles. The predicted octanol–water partition coefficient (Wildman–Crippen LogP) is 4.61. The Kier molecular flexibility index (Phi) is 7.07. The first-order chi connectivity index (χ1) is 15.8. The van der Waals surface area contributed by atoms with Crippen LogP contribution in [-0.2, 0) is 15.0 Å². The molecule has 3 atom stereocenters. The third-order valence-electron chi connectivity index (χ3n) is 6.37. The molecule has 34 heavy (non-hydrogen) atoms. The van der Waals surface area contributed by atoms with Gasteiger partial charge in [-0.15, -0.1) is 11.3 Å². The summed E-state index contributed by atoms with van der Waals surface area (Å²) in [7, 11) is 1.52. The summed E-state index contributed by atoms with van der Waals surface area (Å²) in [6.45, 7) is 9.81. The molecular formula is C25H32N2O6S. The van der Waals surface area contributed by atoms with E-state index < -0.39 is 35.3 Å². The summed E-state index contributed by atoms with van der Waals surface area (Å²) >= 11 is 1.27. The van der Waals surface area contributed by atoms with Gasteiger partial charge in [0.2, 0.25) is 0 Å². The van der Waals surface area contributed by atoms with Crippen LogP contribution in [0.1, 0.15) is 75.1 Å². The van der Waals surface area contributed by atoms with Crippen LogP contribution < -0.4 is 4.74 Å². The molecule has 1 aromatic heterocycles. The molecule has 0 unspecified atom stereocenters. The van der Waals surface area contributed by atoms with E-state index in [0.29, 0.717) is 11.4 Å². The maximum atomic E-state index is 14.0. The SMILES string of the molecule is COc1cc(C(=O)N2[C@@H](c3cscn3)[C@@H](C(=O)O)C[C@@]2(CC(C)C)C(=O)O)ccc1C(C)(C)C. The molecule has 1 aliphatic rings. The lowest BCUT2D eigenvalue weighted by molar-refractivity contribution is -0.150. The number of aliphatic carboxylic acids is 2. The smallest absolute Gasteiger partial charge is 0.329 e. The summed E-state index contributed by atoms with van der Waals surface area (Å²) in [5, 5.41) is 22.1. The third-order valence-corrected chi connectivity index (χ3v) is 6.97. The second-order valence-electron chi connectivity index (χ2n) is 10.3. The van der Waals surface area contributed by atoms with Crippen molar-refractivity contribution in [3.63, 3.8) is 0 Å². The number of rotatable bonds is 7. The number of thiazole rings is 1. The number of aromatic nitrogens is 1. The molecule has 1 amide bonds. The summed E-state index contributed by atoms with van der Waals surface area (Å²) in [4.78, 5) is 44.6. The van der Waals surface area contributed by atoms with E-state index in [-0.39, 0.29) is 29.7 Å². The molecule has 0 bridgehead atoms. The number of benzene rings is 1. The number of hydrogen-bond acceptors (Lipinski definition) is 6. The Hall–Kier alpha value is -2.94. The van der Waals surface area contributed by atoms with Crippen molar-refractivity contribution in [2.45, 2.75) is 64.5 Å². The number of carboxylic acid groups (broad SMARTS) is 2. The molecule has 0 radical (unpaired) electrons. The fraction of sp³-hybridized carbons (Fsp3) is 0.520. The first-order valence-corrected chi connectivity index (χ1v) is 12.1. The lowest BCUT2D eigenvalue weighted by atomic mass is 9.83. The largest absolute Gasteiger partial charge is 0.496 e. The van der Waals surface area contributed by atoms with Crippen LogP contribution in [0.2, 0.25) is 0 Å². The molecule has 1 aliphatic heterocycles. The number of nitrogens with zero attached hydrogens (tertiary/aromatic N) is 2. The highest BCUT2D eigenvalue weighted by molar-refractivity contribution is 7.07. The van der Waals surface area contributed by atoms with Gasteiger partial charge in [0.25, 0.3) is 5.91 Å². The number of amides is 1. The highest BCUT2D eigenvalue weighted by atomic mass is 32.1. The Morgan fingerprint density at radius 1 is 1.26 bits per heavy atom. The summed E-state index contributed by atoms with van der Waals surface area (Å²) in [5.41, 5.74) is 1.17. The van der Waals surface area contributed by atoms with Gasteiger partial charge in [0.15, 0.2) is 0 Å². The van der Waals surface area contributed by atoms with Gasteiger partial charge in [-0.1, -0.05) is 40.7 Å². The van der Waals surface area contributed by atoms with Crippen molar-refractivity contribution in [2.75, 3.05) is 7.11 Å². The maximum absolute atomic E-state index is 14.0. The standard InChI is InChI=1S/C25H32N2O6S/c1-14(2)10-25(23(31)32)11-16(22(29)30)20(18-12-34-13-26-18)27(25)21(28)15-7-8-17(24(3,4)5)19(9-15)33-6/h7-9,12-14,16,20H,10-11H2,1-6H3,(H,29,30)(H,31,32)/t16-,20+,25-/m0/s1. The fourth-order valence-corrected chi connectivity index (χ4v) is 5.57. The first-order valence-electron chi connectivity index (χ1n) is 11.2. The average Bonchev–Trinajstić information content (AvgIpc) is 3.38. The van der Waals surface area contributed by atoms with Crippen LogP contribution in [0.4, 0.5) is 0 Å². The quantitative estimate of drug-likeness (QED) is 0.584. The van der Waals surface area contributed by atoms with Crippen LogP contribution in [0.15, 0.2) is 29.1 Å². The monoisotopic (exact) mass is 488 g/mol. The van der Waals surface area contributed by atoms with Gasteiger partial charge < -0.3 is 19.8 Å². The van der Waals surface area contributed by atoms with E-state index in [2.05, 4.69) is 4.98 Å². The van der Waals surface area contributed by atoms with Gasteiger partial charge in [-0.05, 0) is 41.9 Å². The van der Waals surface area contributed by atoms with Crippen LogP contribution in [0.5, 0.6) is 5.75 Å². The van der Waals surface area contributed by atoms with Crippen LogP contribution in [0.3, 0.4) is 0 Å². The van der Waals surface area contributed by atoms with E-state index in [1.54, 1.807) is 29.1 Å². The zero-order valence-corrected chi connectivity index (χ0v) is 21.2. The van der Waals surface area contributed by atoms with E-state index >= 15 is 0 Å². The lowest BCUT2D eigenvalue weighted by Crippen LogP contribution is -2.54.